The van der Waals surface area contributed by atoms with Gasteiger partial charge in [-0.25, -0.2) is 0 Å². The van der Waals surface area contributed by atoms with Gasteiger partial charge in [0.05, 0.1) is 0 Å². The van der Waals surface area contributed by atoms with Gasteiger partial charge >= 0.3 is 0 Å². The number of hydrogen-bond acceptors (Lipinski definition) is 0. The summed E-state index contributed by atoms with van der Waals surface area (Å²) in [7, 11) is 0. The molecule has 0 aliphatic heterocycles. The number of aryl methyl sites for hydroxylation is 1. The van der Waals surface area contributed by atoms with E-state index in [4.69, 9.17) is 0 Å². The lowest BCUT2D eigenvalue weighted by Gasteiger charge is -2.09. The molecule has 0 amide bonds. The van der Waals surface area contributed by atoms with E-state index in [1.54, 1.807) is 0 Å². The molecule has 0 aliphatic rings. The van der Waals surface area contributed by atoms with E-state index < -0.39 is 0 Å². The summed E-state index contributed by atoms with van der Waals surface area (Å²) in [5, 5.41) is 0. The highest BCUT2D eigenvalue weighted by molar-refractivity contribution is 5.76. The van der Waals surface area contributed by atoms with Crippen LogP contribution in [0, 0.1) is 12.8 Å². The molecular formula is C25H40. The van der Waals surface area contributed by atoms with Crippen LogP contribution in [0.25, 0.3) is 11.1 Å². The molecule has 0 saturated heterocycles. The van der Waals surface area contributed by atoms with E-state index in [1.165, 1.54) is 34.3 Å². The third-order valence-electron chi connectivity index (χ3n) is 3.94. The first-order valence-corrected chi connectivity index (χ1v) is 9.28. The fraction of sp³-hybridized carbons (Fsp3) is 0.440. The second-order valence-electron chi connectivity index (χ2n) is 6.85. The quantitative estimate of drug-likeness (QED) is 0.454. The number of allylic oxidation sites excluding steroid dienone is 4. The third kappa shape index (κ3) is 11.4. The van der Waals surface area contributed by atoms with Crippen molar-refractivity contribution in [2.24, 2.45) is 5.92 Å². The molecule has 0 saturated carbocycles. The van der Waals surface area contributed by atoms with Gasteiger partial charge in [-0.3, -0.25) is 0 Å². The van der Waals surface area contributed by atoms with Crippen molar-refractivity contribution >= 4 is 11.1 Å². The predicted octanol–water partition coefficient (Wildman–Crippen LogP) is 8.64. The van der Waals surface area contributed by atoms with Crippen molar-refractivity contribution in [3.05, 3.63) is 72.4 Å². The van der Waals surface area contributed by atoms with E-state index >= 15 is 0 Å². The highest BCUT2D eigenvalue weighted by Gasteiger charge is 2.03. The lowest BCUT2D eigenvalue weighted by Crippen LogP contribution is -1.94. The number of rotatable bonds is 6. The fourth-order valence-corrected chi connectivity index (χ4v) is 2.09. The SMILES string of the molecule is C=C(C)CCC(C)C(=C)C.C=C(C)c1ccc(C)cc1C(=C)C.CC. The largest absolute Gasteiger partial charge is 0.100 e. The molecule has 25 heavy (non-hydrogen) atoms. The van der Waals surface area contributed by atoms with Gasteiger partial charge in [-0.2, -0.15) is 0 Å². The zero-order valence-electron chi connectivity index (χ0n) is 18.1. The standard InChI is InChI=1S/C13H16.C10H18.C2H6/c1-9(2)12-7-6-11(5)8-13(12)10(3)4;1-8(2)6-7-10(5)9(3)4;1-2/h6-8H,1,3H2,2,4-5H3;10H,1,3,6-7H2,2,4-5H3;1-2H3. The second kappa shape index (κ2) is 13.5. The molecule has 0 radical (unpaired) electrons. The van der Waals surface area contributed by atoms with Crippen LogP contribution in [0.5, 0.6) is 0 Å². The van der Waals surface area contributed by atoms with Gasteiger partial charge < -0.3 is 0 Å². The van der Waals surface area contributed by atoms with Gasteiger partial charge in [0, 0.05) is 0 Å². The van der Waals surface area contributed by atoms with Gasteiger partial charge in [-0.15, -0.1) is 6.58 Å². The topological polar surface area (TPSA) is 0 Å². The molecule has 1 unspecified atom stereocenters. The molecule has 140 valence electrons. The lowest BCUT2D eigenvalue weighted by molar-refractivity contribution is 0.613. The molecule has 1 aromatic rings. The normalized spacial score (nSPS) is 10.4. The summed E-state index contributed by atoms with van der Waals surface area (Å²) in [6.45, 7) is 32.2. The summed E-state index contributed by atoms with van der Waals surface area (Å²) in [5.41, 5.74) is 8.43. The van der Waals surface area contributed by atoms with E-state index in [0.29, 0.717) is 5.92 Å². The molecule has 0 bridgehead atoms. The van der Waals surface area contributed by atoms with Crippen molar-refractivity contribution in [3.8, 4) is 0 Å². The van der Waals surface area contributed by atoms with Crippen LogP contribution in [0.4, 0.5) is 0 Å². The maximum absolute atomic E-state index is 3.97. The maximum Gasteiger partial charge on any atom is -0.0156 e. The monoisotopic (exact) mass is 340 g/mol. The first kappa shape index (κ1) is 25.4. The minimum Gasteiger partial charge on any atom is -0.100 e. The van der Waals surface area contributed by atoms with Crippen LogP contribution >= 0.6 is 0 Å². The molecular weight excluding hydrogens is 300 g/mol. The molecule has 0 N–H and O–H groups in total. The molecule has 0 heterocycles. The molecule has 1 aromatic carbocycles. The van der Waals surface area contributed by atoms with Gasteiger partial charge in [0.25, 0.3) is 0 Å². The zero-order valence-corrected chi connectivity index (χ0v) is 18.1. The molecule has 0 heteroatoms. The molecule has 1 rings (SSSR count). The summed E-state index contributed by atoms with van der Waals surface area (Å²) in [5.74, 6) is 0.650. The Morgan fingerprint density at radius 3 is 1.72 bits per heavy atom. The zero-order chi connectivity index (χ0) is 20.2. The minimum atomic E-state index is 0.650. The van der Waals surface area contributed by atoms with Gasteiger partial charge in [-0.05, 0) is 64.5 Å². The summed E-state index contributed by atoms with van der Waals surface area (Å²) in [4.78, 5) is 0. The van der Waals surface area contributed by atoms with Gasteiger partial charge in [0.1, 0.15) is 0 Å². The van der Waals surface area contributed by atoms with E-state index in [0.717, 1.165) is 17.6 Å². The van der Waals surface area contributed by atoms with Crippen LogP contribution < -0.4 is 0 Å². The Bertz CT molecular complexity index is 584. The first-order valence-electron chi connectivity index (χ1n) is 9.28. The third-order valence-corrected chi connectivity index (χ3v) is 3.94. The smallest absolute Gasteiger partial charge is 0.0156 e. The van der Waals surface area contributed by atoms with Crippen LogP contribution in [0.1, 0.15) is 78.0 Å². The predicted molar refractivity (Wildman–Crippen MR) is 120 cm³/mol. The average molecular weight is 341 g/mol. The molecule has 1 atom stereocenters. The summed E-state index contributed by atoms with van der Waals surface area (Å²) in [6.07, 6.45) is 2.33. The Hall–Kier alpha value is -1.82. The van der Waals surface area contributed by atoms with Crippen LogP contribution in [-0.4, -0.2) is 0 Å². The van der Waals surface area contributed by atoms with Crippen molar-refractivity contribution < 1.29 is 0 Å². The summed E-state index contributed by atoms with van der Waals surface area (Å²) < 4.78 is 0. The second-order valence-corrected chi connectivity index (χ2v) is 6.85. The lowest BCUT2D eigenvalue weighted by atomic mass is 9.96. The Labute approximate surface area is 158 Å². The molecule has 0 fully saturated rings. The van der Waals surface area contributed by atoms with Crippen LogP contribution in [0.2, 0.25) is 0 Å². The van der Waals surface area contributed by atoms with Crippen molar-refractivity contribution in [1.82, 2.24) is 0 Å². The van der Waals surface area contributed by atoms with Gasteiger partial charge in [-0.1, -0.05) is 86.6 Å². The van der Waals surface area contributed by atoms with E-state index in [1.807, 2.05) is 27.7 Å². The Morgan fingerprint density at radius 1 is 0.880 bits per heavy atom. The highest BCUT2D eigenvalue weighted by atomic mass is 14.1. The summed E-state index contributed by atoms with van der Waals surface area (Å²) >= 11 is 0. The van der Waals surface area contributed by atoms with Crippen molar-refractivity contribution in [3.63, 3.8) is 0 Å². The molecule has 0 aromatic heterocycles. The molecule has 0 nitrogen and oxygen atoms in total. The fourth-order valence-electron chi connectivity index (χ4n) is 2.09. The average Bonchev–Trinajstić information content (AvgIpc) is 2.54. The van der Waals surface area contributed by atoms with Gasteiger partial charge in [0.15, 0.2) is 0 Å². The minimum absolute atomic E-state index is 0.650. The van der Waals surface area contributed by atoms with Crippen molar-refractivity contribution in [2.45, 2.75) is 68.2 Å². The highest BCUT2D eigenvalue weighted by Crippen LogP contribution is 2.24. The first-order chi connectivity index (χ1) is 11.6. The van der Waals surface area contributed by atoms with E-state index in [-0.39, 0.29) is 0 Å². The van der Waals surface area contributed by atoms with Gasteiger partial charge in [0.2, 0.25) is 0 Å². The maximum atomic E-state index is 3.97. The van der Waals surface area contributed by atoms with Crippen LogP contribution in [-0.2, 0) is 0 Å². The van der Waals surface area contributed by atoms with Crippen LogP contribution in [0.3, 0.4) is 0 Å². The van der Waals surface area contributed by atoms with E-state index in [9.17, 15) is 0 Å². The van der Waals surface area contributed by atoms with Crippen molar-refractivity contribution in [2.75, 3.05) is 0 Å². The number of benzene rings is 1. The molecule has 0 spiro atoms. The van der Waals surface area contributed by atoms with Crippen LogP contribution in [0.15, 0.2) is 55.7 Å². The Balaban J connectivity index is 0. The molecule has 0 aliphatic carbocycles. The summed E-state index contributed by atoms with van der Waals surface area (Å²) in [6, 6.07) is 6.38. The number of hydrogen-bond donors (Lipinski definition) is 0. The Kier molecular flexibility index (Phi) is 13.7. The Morgan fingerprint density at radius 2 is 1.36 bits per heavy atom. The van der Waals surface area contributed by atoms with E-state index in [2.05, 4.69) is 72.2 Å². The van der Waals surface area contributed by atoms with Crippen molar-refractivity contribution in [1.29, 1.82) is 0 Å².